The molecule has 2 heterocycles. The quantitative estimate of drug-likeness (QED) is 0.281. The van der Waals surface area contributed by atoms with Gasteiger partial charge in [0.1, 0.15) is 0 Å². The lowest BCUT2D eigenvalue weighted by atomic mass is 9.84. The molecule has 0 saturated heterocycles. The topological polar surface area (TPSA) is 143 Å². The molecule has 214 valence electrons. The van der Waals surface area contributed by atoms with Crippen molar-refractivity contribution in [2.24, 2.45) is 5.92 Å². The molecule has 1 aromatic carbocycles. The highest BCUT2D eigenvalue weighted by molar-refractivity contribution is 7.78. The lowest BCUT2D eigenvalue weighted by Gasteiger charge is -2.29. The van der Waals surface area contributed by atoms with Crippen LogP contribution in [0.2, 0.25) is 0 Å². The predicted octanol–water partition coefficient (Wildman–Crippen LogP) is 3.41. The Hall–Kier alpha value is -2.96. The third-order valence-electron chi connectivity index (χ3n) is 7.00. The number of carbonyl (C=O) groups excluding carboxylic acids is 1. The number of aromatic nitrogens is 4. The zero-order valence-corrected chi connectivity index (χ0v) is 24.1. The van der Waals surface area contributed by atoms with Gasteiger partial charge >= 0.3 is 0 Å². The van der Waals surface area contributed by atoms with Crippen LogP contribution in [-0.4, -0.2) is 54.3 Å². The van der Waals surface area contributed by atoms with Gasteiger partial charge in [0.05, 0.1) is 12.6 Å². The number of benzene rings is 1. The summed E-state index contributed by atoms with van der Waals surface area (Å²) in [6.07, 6.45) is 4.51. The van der Waals surface area contributed by atoms with Crippen LogP contribution in [0.4, 0.5) is 0 Å². The van der Waals surface area contributed by atoms with Crippen LogP contribution in [0.5, 0.6) is 11.5 Å². The van der Waals surface area contributed by atoms with E-state index in [-0.39, 0.29) is 42.2 Å². The number of aryl methyl sites for hydroxylation is 1. The number of aliphatic hydroxyl groups is 1. The van der Waals surface area contributed by atoms with E-state index in [2.05, 4.69) is 46.1 Å². The highest BCUT2D eigenvalue weighted by Crippen LogP contribution is 2.36. The van der Waals surface area contributed by atoms with Crippen molar-refractivity contribution in [3.63, 3.8) is 0 Å². The lowest BCUT2D eigenvalue weighted by molar-refractivity contribution is -0.127. The maximum absolute atomic E-state index is 13.4. The highest BCUT2D eigenvalue weighted by Gasteiger charge is 2.32. The first kappa shape index (κ1) is 29.0. The number of rotatable bonds is 11. The fraction of sp³-hybridized carbons (Fsp3) is 0.593. The molecule has 4 rings (SSSR count). The number of nitrogens with one attached hydrogen (secondary N) is 3. The van der Waals surface area contributed by atoms with Crippen LogP contribution in [0.25, 0.3) is 5.65 Å². The third kappa shape index (κ3) is 7.17. The van der Waals surface area contributed by atoms with Gasteiger partial charge in [-0.15, -0.1) is 10.2 Å². The molecule has 1 saturated carbocycles. The number of H-pyrrole nitrogens is 1. The van der Waals surface area contributed by atoms with Crippen molar-refractivity contribution >= 4 is 22.8 Å². The minimum Gasteiger partial charge on any atom is -0.477 e. The molecule has 4 N–H and O–H groups in total. The Bertz CT molecular complexity index is 1290. The molecule has 3 unspecified atom stereocenters. The van der Waals surface area contributed by atoms with E-state index < -0.39 is 17.4 Å². The molecule has 0 bridgehead atoms. The molecule has 3 atom stereocenters. The summed E-state index contributed by atoms with van der Waals surface area (Å²) in [5.74, 6) is 1.05. The standard InChI is InChI=1S/C27H40N6O5S/c1-17-11-12-20(37-18(2)26(35)28-13-14-34)21(15-17)38-39(36)32-24(19-9-7-6-8-10-19)25-30-29-23-16-22(27(3,4)5)31-33(23)25/h11-12,15-16,18-19,24,31-32,34H,6-10,13-14H2,1-5H3,(H,28,35). The second-order valence-corrected chi connectivity index (χ2v) is 12.1. The van der Waals surface area contributed by atoms with E-state index in [1.807, 2.05) is 23.6 Å². The van der Waals surface area contributed by atoms with Crippen LogP contribution in [-0.2, 0) is 21.5 Å². The number of hydrogen-bond donors (Lipinski definition) is 4. The molecule has 11 nitrogen and oxygen atoms in total. The summed E-state index contributed by atoms with van der Waals surface area (Å²) in [5.41, 5.74) is 2.54. The Labute approximate surface area is 231 Å². The predicted molar refractivity (Wildman–Crippen MR) is 149 cm³/mol. The maximum Gasteiger partial charge on any atom is 0.288 e. The number of ether oxygens (including phenoxy) is 1. The molecule has 12 heteroatoms. The largest absolute Gasteiger partial charge is 0.477 e. The van der Waals surface area contributed by atoms with Gasteiger partial charge in [0.25, 0.3) is 17.2 Å². The first-order valence-corrected chi connectivity index (χ1v) is 14.6. The Kier molecular flexibility index (Phi) is 9.29. The molecular weight excluding hydrogens is 520 g/mol. The van der Waals surface area contributed by atoms with Crippen molar-refractivity contribution in [1.82, 2.24) is 29.9 Å². The van der Waals surface area contributed by atoms with E-state index in [0.29, 0.717) is 17.2 Å². The van der Waals surface area contributed by atoms with E-state index in [1.165, 1.54) is 6.42 Å². The maximum atomic E-state index is 13.4. The number of aromatic amines is 1. The fourth-order valence-corrected chi connectivity index (χ4v) is 5.61. The van der Waals surface area contributed by atoms with Crippen LogP contribution in [0, 0.1) is 12.8 Å². The molecule has 1 aliphatic carbocycles. The monoisotopic (exact) mass is 560 g/mol. The molecule has 1 aliphatic rings. The molecule has 0 spiro atoms. The summed E-state index contributed by atoms with van der Waals surface area (Å²) in [5, 5.41) is 23.8. The van der Waals surface area contributed by atoms with E-state index in [9.17, 15) is 9.00 Å². The lowest BCUT2D eigenvalue weighted by Crippen LogP contribution is -2.38. The number of hydrogen-bond acceptors (Lipinski definition) is 7. The molecule has 2 aromatic heterocycles. The van der Waals surface area contributed by atoms with Crippen molar-refractivity contribution in [1.29, 1.82) is 0 Å². The molecular formula is C27H40N6O5S. The number of fused-ring (bicyclic) bond motifs is 1. The average Bonchev–Trinajstić information content (AvgIpc) is 3.49. The summed E-state index contributed by atoms with van der Waals surface area (Å²) < 4.78 is 30.2. The van der Waals surface area contributed by atoms with Gasteiger partial charge in [-0.3, -0.25) is 9.89 Å². The minimum atomic E-state index is -1.95. The normalized spacial score (nSPS) is 17.1. The van der Waals surface area contributed by atoms with Gasteiger partial charge in [-0.2, -0.15) is 8.93 Å². The van der Waals surface area contributed by atoms with Crippen LogP contribution in [0.1, 0.15) is 82.9 Å². The van der Waals surface area contributed by atoms with E-state index in [0.717, 1.165) is 36.9 Å². The molecule has 3 aromatic rings. The summed E-state index contributed by atoms with van der Waals surface area (Å²) >= 11 is -1.95. The number of nitrogens with zero attached hydrogens (tertiary/aromatic N) is 3. The Morgan fingerprint density at radius 1 is 1.21 bits per heavy atom. The van der Waals surface area contributed by atoms with Crippen molar-refractivity contribution < 1.29 is 23.0 Å². The van der Waals surface area contributed by atoms with Gasteiger partial charge in [0, 0.05) is 23.7 Å². The molecule has 0 aliphatic heterocycles. The number of aliphatic hydroxyl groups excluding tert-OH is 1. The average molecular weight is 561 g/mol. The van der Waals surface area contributed by atoms with E-state index in [4.69, 9.17) is 14.0 Å². The molecule has 39 heavy (non-hydrogen) atoms. The number of carbonyl (C=O) groups is 1. The summed E-state index contributed by atoms with van der Waals surface area (Å²) in [6, 6.07) is 6.87. The first-order valence-electron chi connectivity index (χ1n) is 13.5. The highest BCUT2D eigenvalue weighted by atomic mass is 32.2. The van der Waals surface area contributed by atoms with Gasteiger partial charge in [0.15, 0.2) is 29.1 Å². The summed E-state index contributed by atoms with van der Waals surface area (Å²) in [7, 11) is 0. The van der Waals surface area contributed by atoms with Gasteiger partial charge < -0.3 is 19.3 Å². The van der Waals surface area contributed by atoms with Gasteiger partial charge in [-0.25, -0.2) is 4.52 Å². The molecule has 0 radical (unpaired) electrons. The SMILES string of the molecule is Cc1ccc(OC(C)C(=O)NCCO)c(OS(=O)NC(c2nnc3cc(C(C)(C)C)[nH]n23)C2CCCCC2)c1. The smallest absolute Gasteiger partial charge is 0.288 e. The van der Waals surface area contributed by atoms with Gasteiger partial charge in [-0.1, -0.05) is 46.1 Å². The fourth-order valence-electron chi connectivity index (χ4n) is 4.77. The van der Waals surface area contributed by atoms with Crippen LogP contribution in [0.15, 0.2) is 24.3 Å². The van der Waals surface area contributed by atoms with E-state index >= 15 is 0 Å². The Morgan fingerprint density at radius 3 is 2.64 bits per heavy atom. The van der Waals surface area contributed by atoms with Crippen molar-refractivity contribution in [2.45, 2.75) is 84.3 Å². The Morgan fingerprint density at radius 2 is 1.95 bits per heavy atom. The minimum absolute atomic E-state index is 0.0919. The summed E-state index contributed by atoms with van der Waals surface area (Å²) in [6.45, 7) is 9.84. The van der Waals surface area contributed by atoms with Crippen molar-refractivity contribution in [2.75, 3.05) is 13.2 Å². The zero-order valence-electron chi connectivity index (χ0n) is 23.3. The van der Waals surface area contributed by atoms with Crippen molar-refractivity contribution in [3.05, 3.63) is 41.3 Å². The van der Waals surface area contributed by atoms with E-state index in [1.54, 1.807) is 19.1 Å². The second kappa shape index (κ2) is 12.5. The van der Waals surface area contributed by atoms with Crippen LogP contribution >= 0.6 is 0 Å². The van der Waals surface area contributed by atoms with Crippen molar-refractivity contribution in [3.8, 4) is 11.5 Å². The third-order valence-corrected chi connectivity index (χ3v) is 7.78. The first-order chi connectivity index (χ1) is 18.6. The van der Waals surface area contributed by atoms with Gasteiger partial charge in [0.2, 0.25) is 0 Å². The number of amides is 1. The zero-order chi connectivity index (χ0) is 28.2. The second-order valence-electron chi connectivity index (χ2n) is 11.2. The molecule has 1 fully saturated rings. The van der Waals surface area contributed by atoms with Crippen LogP contribution in [0.3, 0.4) is 0 Å². The van der Waals surface area contributed by atoms with Gasteiger partial charge in [-0.05, 0) is 50.3 Å². The molecule has 1 amide bonds. The Balaban J connectivity index is 1.56. The van der Waals surface area contributed by atoms with Crippen LogP contribution < -0.4 is 19.0 Å². The summed E-state index contributed by atoms with van der Waals surface area (Å²) in [4.78, 5) is 12.3.